The highest BCUT2D eigenvalue weighted by atomic mass is 16.6. The van der Waals surface area contributed by atoms with E-state index in [4.69, 9.17) is 4.74 Å². The molecule has 174 valence electrons. The molecule has 1 aliphatic heterocycles. The number of carbonyl (C=O) groups excluding carboxylic acids is 4. The molecule has 3 aliphatic rings. The smallest absolute Gasteiger partial charge is 0.326 e. The number of nitro benzene ring substituents is 1. The van der Waals surface area contributed by atoms with Gasteiger partial charge in [0.05, 0.1) is 16.8 Å². The van der Waals surface area contributed by atoms with Crippen molar-refractivity contribution in [3.05, 3.63) is 75.8 Å². The van der Waals surface area contributed by atoms with Crippen LogP contribution in [0.15, 0.2) is 54.6 Å². The number of likely N-dealkylation sites (tertiary alicyclic amines) is 1. The van der Waals surface area contributed by atoms with Crippen LogP contribution in [0.5, 0.6) is 0 Å². The summed E-state index contributed by atoms with van der Waals surface area (Å²) in [6.45, 7) is -1.17. The highest BCUT2D eigenvalue weighted by Gasteiger charge is 2.64. The van der Waals surface area contributed by atoms with E-state index in [2.05, 4.69) is 12.1 Å². The number of non-ortho nitro benzene ring substituents is 1. The van der Waals surface area contributed by atoms with Crippen LogP contribution in [0.3, 0.4) is 0 Å². The van der Waals surface area contributed by atoms with Gasteiger partial charge in [-0.3, -0.25) is 34.2 Å². The number of fused-ring (bicyclic) bond motifs is 5. The lowest BCUT2D eigenvalue weighted by Crippen LogP contribution is -2.38. The molecule has 2 amide bonds. The van der Waals surface area contributed by atoms with E-state index in [1.165, 1.54) is 23.8 Å². The van der Waals surface area contributed by atoms with E-state index in [9.17, 15) is 29.3 Å². The van der Waals surface area contributed by atoms with E-state index < -0.39 is 41.7 Å². The molecule has 2 saturated carbocycles. The Labute approximate surface area is 194 Å². The maximum atomic E-state index is 13.1. The molecule has 2 aromatic carbocycles. The Kier molecular flexibility index (Phi) is 5.47. The number of ether oxygens (including phenoxy) is 1. The van der Waals surface area contributed by atoms with E-state index in [0.717, 1.165) is 23.8 Å². The third-order valence-corrected chi connectivity index (χ3v) is 7.36. The summed E-state index contributed by atoms with van der Waals surface area (Å²) >= 11 is 0. The van der Waals surface area contributed by atoms with E-state index in [1.807, 2.05) is 18.2 Å². The summed E-state index contributed by atoms with van der Waals surface area (Å²) in [7, 11) is 0. The fourth-order valence-electron chi connectivity index (χ4n) is 5.96. The summed E-state index contributed by atoms with van der Waals surface area (Å²) in [6, 6.07) is 15.1. The number of imide groups is 1. The van der Waals surface area contributed by atoms with Crippen LogP contribution in [0.25, 0.3) is 0 Å². The first kappa shape index (κ1) is 21.9. The molecule has 0 aromatic heterocycles. The number of amides is 2. The van der Waals surface area contributed by atoms with Crippen molar-refractivity contribution in [1.29, 1.82) is 0 Å². The van der Waals surface area contributed by atoms with Crippen molar-refractivity contribution >= 4 is 29.3 Å². The molecule has 5 rings (SSSR count). The van der Waals surface area contributed by atoms with Gasteiger partial charge in [0, 0.05) is 17.7 Å². The second-order valence-electron chi connectivity index (χ2n) is 9.12. The maximum absolute atomic E-state index is 13.1. The Bertz CT molecular complexity index is 1190. The van der Waals surface area contributed by atoms with Crippen molar-refractivity contribution in [2.24, 2.45) is 23.7 Å². The van der Waals surface area contributed by atoms with Gasteiger partial charge in [-0.25, -0.2) is 0 Å². The molecular formula is C25H22N2O7. The summed E-state index contributed by atoms with van der Waals surface area (Å²) in [5, 5.41) is 10.9. The first-order chi connectivity index (χ1) is 16.3. The van der Waals surface area contributed by atoms with Crippen LogP contribution in [-0.4, -0.2) is 46.5 Å². The van der Waals surface area contributed by atoms with Crippen LogP contribution >= 0.6 is 0 Å². The van der Waals surface area contributed by atoms with Gasteiger partial charge < -0.3 is 4.74 Å². The topological polar surface area (TPSA) is 124 Å². The zero-order valence-corrected chi connectivity index (χ0v) is 18.2. The number of benzene rings is 2. The lowest BCUT2D eigenvalue weighted by molar-refractivity contribution is -0.384. The maximum Gasteiger partial charge on any atom is 0.326 e. The molecule has 34 heavy (non-hydrogen) atoms. The van der Waals surface area contributed by atoms with Crippen LogP contribution in [-0.2, 0) is 19.1 Å². The SMILES string of the molecule is O=C(CN1C(=O)[C@@H]2[C@@H]3C[C@@H]([C@@H]2C1=O)[C@H](c1ccccc1)C3)OCC(=O)c1cccc([N+](=O)[O-])c1. The normalized spacial score (nSPS) is 27.1. The minimum Gasteiger partial charge on any atom is -0.456 e. The second-order valence-corrected chi connectivity index (χ2v) is 9.12. The van der Waals surface area contributed by atoms with Crippen molar-refractivity contribution in [3.63, 3.8) is 0 Å². The van der Waals surface area contributed by atoms with Crippen molar-refractivity contribution < 1.29 is 28.8 Å². The van der Waals surface area contributed by atoms with Gasteiger partial charge in [0.25, 0.3) is 5.69 Å². The Morgan fingerprint density at radius 2 is 1.74 bits per heavy atom. The molecule has 2 bridgehead atoms. The number of ketones is 1. The van der Waals surface area contributed by atoms with Gasteiger partial charge >= 0.3 is 5.97 Å². The van der Waals surface area contributed by atoms with Gasteiger partial charge in [0.15, 0.2) is 6.61 Å². The molecule has 3 fully saturated rings. The molecule has 0 radical (unpaired) electrons. The van der Waals surface area contributed by atoms with Crippen LogP contribution < -0.4 is 0 Å². The van der Waals surface area contributed by atoms with Crippen LogP contribution in [0.2, 0.25) is 0 Å². The summed E-state index contributed by atoms with van der Waals surface area (Å²) in [5.41, 5.74) is 0.958. The minimum absolute atomic E-state index is 0.0355. The standard InChI is InChI=1S/C25H22N2O7/c28-20(15-7-4-8-17(9-15)27(32)33)13-34-21(29)12-26-24(30)22-16-10-18(14-5-2-1-3-6-14)19(11-16)23(22)25(26)31/h1-9,16,18-19,22-23H,10-13H2/t16-,18-,19+,22+,23-/m0/s1. The van der Waals surface area contributed by atoms with Gasteiger partial charge in [-0.1, -0.05) is 42.5 Å². The largest absolute Gasteiger partial charge is 0.456 e. The quantitative estimate of drug-likeness (QED) is 0.204. The Morgan fingerprint density at radius 3 is 2.47 bits per heavy atom. The van der Waals surface area contributed by atoms with Crippen molar-refractivity contribution in [1.82, 2.24) is 4.90 Å². The Morgan fingerprint density at radius 1 is 1.00 bits per heavy atom. The molecule has 0 N–H and O–H groups in total. The van der Waals surface area contributed by atoms with Gasteiger partial charge in [0.1, 0.15) is 6.54 Å². The zero-order valence-electron chi connectivity index (χ0n) is 18.2. The number of nitrogens with zero attached hydrogens (tertiary/aromatic N) is 2. The van der Waals surface area contributed by atoms with Crippen molar-refractivity contribution in [3.8, 4) is 0 Å². The molecule has 9 nitrogen and oxygen atoms in total. The third kappa shape index (κ3) is 3.67. The number of carbonyl (C=O) groups is 4. The summed E-state index contributed by atoms with van der Waals surface area (Å²) in [6.07, 6.45) is 1.69. The number of hydrogen-bond acceptors (Lipinski definition) is 7. The molecule has 1 heterocycles. The Hall–Kier alpha value is -3.88. The van der Waals surface area contributed by atoms with Crippen LogP contribution in [0.1, 0.15) is 34.7 Å². The first-order valence-electron chi connectivity index (χ1n) is 11.2. The fourth-order valence-corrected chi connectivity index (χ4v) is 5.96. The number of esters is 1. The lowest BCUT2D eigenvalue weighted by Gasteiger charge is -2.28. The monoisotopic (exact) mass is 462 g/mol. The number of nitro groups is 1. The van der Waals surface area contributed by atoms with Crippen molar-refractivity contribution in [2.45, 2.75) is 18.8 Å². The van der Waals surface area contributed by atoms with Gasteiger partial charge in [-0.15, -0.1) is 0 Å². The van der Waals surface area contributed by atoms with Gasteiger partial charge in [-0.05, 0) is 36.2 Å². The second kappa shape index (κ2) is 8.48. The summed E-state index contributed by atoms with van der Waals surface area (Å²) < 4.78 is 4.99. The summed E-state index contributed by atoms with van der Waals surface area (Å²) in [5.74, 6) is -2.56. The molecule has 2 aromatic rings. The van der Waals surface area contributed by atoms with E-state index in [1.54, 1.807) is 0 Å². The average molecular weight is 462 g/mol. The molecule has 0 spiro atoms. The zero-order chi connectivity index (χ0) is 24.0. The average Bonchev–Trinajstić information content (AvgIpc) is 3.51. The number of hydrogen-bond donors (Lipinski definition) is 0. The molecule has 9 heteroatoms. The van der Waals surface area contributed by atoms with Crippen LogP contribution in [0.4, 0.5) is 5.69 Å². The molecule has 1 saturated heterocycles. The summed E-state index contributed by atoms with van der Waals surface area (Å²) in [4.78, 5) is 62.0. The number of rotatable bonds is 7. The predicted molar refractivity (Wildman–Crippen MR) is 117 cm³/mol. The molecular weight excluding hydrogens is 440 g/mol. The highest BCUT2D eigenvalue weighted by molar-refractivity contribution is 6.08. The highest BCUT2D eigenvalue weighted by Crippen LogP contribution is 2.61. The first-order valence-corrected chi connectivity index (χ1v) is 11.2. The Balaban J connectivity index is 1.21. The van der Waals surface area contributed by atoms with Gasteiger partial charge in [0.2, 0.25) is 17.6 Å². The molecule has 0 unspecified atom stereocenters. The molecule has 2 aliphatic carbocycles. The fraction of sp³-hybridized carbons (Fsp3) is 0.360. The predicted octanol–water partition coefficient (Wildman–Crippen LogP) is 2.75. The third-order valence-electron chi connectivity index (χ3n) is 7.36. The minimum atomic E-state index is -0.868. The van der Waals surface area contributed by atoms with Gasteiger partial charge in [-0.2, -0.15) is 0 Å². The number of Topliss-reactive ketones (excluding diaryl/α,β-unsaturated/α-hetero) is 1. The van der Waals surface area contributed by atoms with Crippen LogP contribution in [0, 0.1) is 33.8 Å². The van der Waals surface area contributed by atoms with E-state index in [0.29, 0.717) is 0 Å². The van der Waals surface area contributed by atoms with E-state index >= 15 is 0 Å². The molecule has 5 atom stereocenters. The lowest BCUT2D eigenvalue weighted by atomic mass is 9.73. The van der Waals surface area contributed by atoms with Crippen molar-refractivity contribution in [2.75, 3.05) is 13.2 Å². The van der Waals surface area contributed by atoms with E-state index in [-0.39, 0.29) is 40.8 Å².